The highest BCUT2D eigenvalue weighted by Gasteiger charge is 1.95. The van der Waals surface area contributed by atoms with Crippen molar-refractivity contribution >= 4 is 6.09 Å². The van der Waals surface area contributed by atoms with E-state index in [9.17, 15) is 9.59 Å². The first-order chi connectivity index (χ1) is 6.20. The summed E-state index contributed by atoms with van der Waals surface area (Å²) in [6.07, 6.45) is 0.788. The molecular formula is C8H10N2O3. The number of nitrogens with two attached hydrogens (primary N) is 1. The number of pyridine rings is 1. The second-order valence-corrected chi connectivity index (χ2v) is 2.40. The van der Waals surface area contributed by atoms with Gasteiger partial charge in [-0.05, 0) is 6.07 Å². The first-order valence-electron chi connectivity index (χ1n) is 3.78. The van der Waals surface area contributed by atoms with Crippen LogP contribution in [0.1, 0.15) is 0 Å². The SMILES string of the molecule is NC(=O)OCCn1ccccc1=O. The van der Waals surface area contributed by atoms with Gasteiger partial charge in [0.2, 0.25) is 0 Å². The third-order valence-electron chi connectivity index (χ3n) is 1.48. The number of hydrogen-bond donors (Lipinski definition) is 1. The van der Waals surface area contributed by atoms with Crippen molar-refractivity contribution in [2.45, 2.75) is 6.54 Å². The quantitative estimate of drug-likeness (QED) is 0.711. The van der Waals surface area contributed by atoms with Crippen LogP contribution in [0.4, 0.5) is 4.79 Å². The van der Waals surface area contributed by atoms with Crippen LogP contribution in [0.2, 0.25) is 0 Å². The molecule has 5 heteroatoms. The largest absolute Gasteiger partial charge is 0.448 e. The molecule has 2 N–H and O–H groups in total. The lowest BCUT2D eigenvalue weighted by Crippen LogP contribution is -2.23. The van der Waals surface area contributed by atoms with E-state index in [1.807, 2.05) is 0 Å². The molecule has 1 heterocycles. The maximum absolute atomic E-state index is 11.1. The van der Waals surface area contributed by atoms with Crippen LogP contribution in [-0.2, 0) is 11.3 Å². The van der Waals surface area contributed by atoms with Gasteiger partial charge < -0.3 is 15.0 Å². The fourth-order valence-corrected chi connectivity index (χ4v) is 0.890. The van der Waals surface area contributed by atoms with Crippen LogP contribution in [0.15, 0.2) is 29.2 Å². The zero-order chi connectivity index (χ0) is 9.68. The van der Waals surface area contributed by atoms with Gasteiger partial charge in [0.15, 0.2) is 0 Å². The van der Waals surface area contributed by atoms with Crippen molar-refractivity contribution in [3.05, 3.63) is 34.7 Å². The highest BCUT2D eigenvalue weighted by molar-refractivity contribution is 5.64. The summed E-state index contributed by atoms with van der Waals surface area (Å²) in [6.45, 7) is 0.432. The second-order valence-electron chi connectivity index (χ2n) is 2.40. The minimum absolute atomic E-state index is 0.110. The van der Waals surface area contributed by atoms with Gasteiger partial charge in [-0.3, -0.25) is 4.79 Å². The molecule has 0 fully saturated rings. The number of nitrogens with zero attached hydrogens (tertiary/aromatic N) is 1. The smallest absolute Gasteiger partial charge is 0.404 e. The monoisotopic (exact) mass is 182 g/mol. The zero-order valence-electron chi connectivity index (χ0n) is 6.97. The van der Waals surface area contributed by atoms with E-state index >= 15 is 0 Å². The van der Waals surface area contributed by atoms with E-state index in [0.29, 0.717) is 6.54 Å². The van der Waals surface area contributed by atoms with E-state index in [4.69, 9.17) is 5.73 Å². The third-order valence-corrected chi connectivity index (χ3v) is 1.48. The molecule has 1 aromatic rings. The Morgan fingerprint density at radius 1 is 1.54 bits per heavy atom. The number of hydrogen-bond acceptors (Lipinski definition) is 3. The molecule has 0 aliphatic heterocycles. The van der Waals surface area contributed by atoms with Gasteiger partial charge in [0.05, 0.1) is 6.54 Å². The van der Waals surface area contributed by atoms with Gasteiger partial charge >= 0.3 is 6.09 Å². The van der Waals surface area contributed by atoms with Crippen LogP contribution in [-0.4, -0.2) is 17.3 Å². The van der Waals surface area contributed by atoms with E-state index in [1.54, 1.807) is 18.3 Å². The van der Waals surface area contributed by atoms with E-state index in [-0.39, 0.29) is 12.2 Å². The minimum Gasteiger partial charge on any atom is -0.448 e. The van der Waals surface area contributed by atoms with Gasteiger partial charge in [0.1, 0.15) is 6.61 Å². The molecule has 0 spiro atoms. The van der Waals surface area contributed by atoms with Crippen molar-refractivity contribution in [1.29, 1.82) is 0 Å². The van der Waals surface area contributed by atoms with Crippen molar-refractivity contribution in [2.75, 3.05) is 6.61 Å². The predicted octanol–water partition coefficient (Wildman–Crippen LogP) is -0.0564. The predicted molar refractivity (Wildman–Crippen MR) is 46.2 cm³/mol. The van der Waals surface area contributed by atoms with Gasteiger partial charge in [-0.2, -0.15) is 0 Å². The molecule has 0 aliphatic rings. The van der Waals surface area contributed by atoms with Gasteiger partial charge in [0, 0.05) is 12.3 Å². The van der Waals surface area contributed by atoms with Crippen LogP contribution >= 0.6 is 0 Å². The molecule has 0 aliphatic carbocycles. The summed E-state index contributed by atoms with van der Waals surface area (Å²) in [5.74, 6) is 0. The van der Waals surface area contributed by atoms with Gasteiger partial charge in [0.25, 0.3) is 5.56 Å². The molecule has 13 heavy (non-hydrogen) atoms. The first kappa shape index (κ1) is 9.31. The maximum Gasteiger partial charge on any atom is 0.404 e. The van der Waals surface area contributed by atoms with Crippen molar-refractivity contribution in [1.82, 2.24) is 4.57 Å². The minimum atomic E-state index is -0.830. The van der Waals surface area contributed by atoms with Crippen LogP contribution in [0, 0.1) is 0 Å². The first-order valence-corrected chi connectivity index (χ1v) is 3.78. The lowest BCUT2D eigenvalue weighted by atomic mass is 10.5. The molecule has 70 valence electrons. The van der Waals surface area contributed by atoms with Crippen molar-refractivity contribution < 1.29 is 9.53 Å². The molecule has 0 atom stereocenters. The van der Waals surface area contributed by atoms with Gasteiger partial charge in [-0.1, -0.05) is 6.07 Å². The Kier molecular flexibility index (Phi) is 3.08. The van der Waals surface area contributed by atoms with Gasteiger partial charge in [-0.25, -0.2) is 4.79 Å². The number of primary amides is 1. The summed E-state index contributed by atoms with van der Waals surface area (Å²) in [7, 11) is 0. The average Bonchev–Trinajstić information content (AvgIpc) is 2.08. The number of amides is 1. The lowest BCUT2D eigenvalue weighted by molar-refractivity contribution is 0.152. The number of aromatic nitrogens is 1. The average molecular weight is 182 g/mol. The number of rotatable bonds is 3. The highest BCUT2D eigenvalue weighted by Crippen LogP contribution is 1.83. The Bertz CT molecular complexity index is 345. The van der Waals surface area contributed by atoms with Crippen LogP contribution in [0.3, 0.4) is 0 Å². The summed E-state index contributed by atoms with van der Waals surface area (Å²) in [5.41, 5.74) is 4.62. The van der Waals surface area contributed by atoms with Crippen molar-refractivity contribution in [2.24, 2.45) is 5.73 Å². The molecule has 1 amide bonds. The molecule has 0 saturated carbocycles. The summed E-state index contributed by atoms with van der Waals surface area (Å²) >= 11 is 0. The number of carbonyl (C=O) groups is 1. The molecule has 0 aromatic carbocycles. The summed E-state index contributed by atoms with van der Waals surface area (Å²) in [6, 6.07) is 4.81. The highest BCUT2D eigenvalue weighted by atomic mass is 16.5. The topological polar surface area (TPSA) is 74.3 Å². The van der Waals surface area contributed by atoms with Crippen LogP contribution in [0.25, 0.3) is 0 Å². The van der Waals surface area contributed by atoms with E-state index in [0.717, 1.165) is 0 Å². The van der Waals surface area contributed by atoms with E-state index in [2.05, 4.69) is 4.74 Å². The Balaban J connectivity index is 2.50. The maximum atomic E-state index is 11.1. The number of ether oxygens (including phenoxy) is 1. The Morgan fingerprint density at radius 2 is 2.31 bits per heavy atom. The third kappa shape index (κ3) is 2.98. The summed E-state index contributed by atoms with van der Waals surface area (Å²) in [4.78, 5) is 21.3. The van der Waals surface area contributed by atoms with E-state index < -0.39 is 6.09 Å². The molecule has 5 nitrogen and oxygen atoms in total. The molecule has 0 saturated heterocycles. The molecule has 0 bridgehead atoms. The van der Waals surface area contributed by atoms with E-state index in [1.165, 1.54) is 10.6 Å². The zero-order valence-corrected chi connectivity index (χ0v) is 6.97. The molecule has 1 rings (SSSR count). The van der Waals surface area contributed by atoms with Gasteiger partial charge in [-0.15, -0.1) is 0 Å². The van der Waals surface area contributed by atoms with Crippen LogP contribution in [0.5, 0.6) is 0 Å². The Labute approximate surface area is 74.7 Å². The fourth-order valence-electron chi connectivity index (χ4n) is 0.890. The molecule has 1 aromatic heterocycles. The van der Waals surface area contributed by atoms with Crippen molar-refractivity contribution in [3.8, 4) is 0 Å². The Morgan fingerprint density at radius 3 is 2.92 bits per heavy atom. The summed E-state index contributed by atoms with van der Waals surface area (Å²) in [5, 5.41) is 0. The molecule has 0 unspecified atom stereocenters. The normalized spacial score (nSPS) is 9.54. The number of carbonyl (C=O) groups excluding carboxylic acids is 1. The van der Waals surface area contributed by atoms with Crippen LogP contribution < -0.4 is 11.3 Å². The standard InChI is InChI=1S/C8H10N2O3/c9-8(12)13-6-5-10-4-2-1-3-7(10)11/h1-4H,5-6H2,(H2,9,12). The Hall–Kier alpha value is -1.78. The fraction of sp³-hybridized carbons (Fsp3) is 0.250. The molecular weight excluding hydrogens is 172 g/mol. The second kappa shape index (κ2) is 4.30. The van der Waals surface area contributed by atoms with Crippen molar-refractivity contribution in [3.63, 3.8) is 0 Å². The molecule has 0 radical (unpaired) electrons. The lowest BCUT2D eigenvalue weighted by Gasteiger charge is -2.03. The summed E-state index contributed by atoms with van der Waals surface area (Å²) < 4.78 is 5.91.